The van der Waals surface area contributed by atoms with Gasteiger partial charge in [0.15, 0.2) is 11.5 Å². The maximum absolute atomic E-state index is 6.07. The Bertz CT molecular complexity index is 1480. The van der Waals surface area contributed by atoms with Crippen LogP contribution >= 0.6 is 0 Å². The minimum Gasteiger partial charge on any atom is -0.487 e. The summed E-state index contributed by atoms with van der Waals surface area (Å²) >= 11 is 0. The second kappa shape index (κ2) is 36.7. The molecule has 0 spiro atoms. The number of hydrogen-bond donors (Lipinski definition) is 0. The third-order valence-electron chi connectivity index (χ3n) is 8.73. The lowest BCUT2D eigenvalue weighted by Crippen LogP contribution is -2.15. The molecule has 344 valence electrons. The zero-order chi connectivity index (χ0) is 43.1. The van der Waals surface area contributed by atoms with Gasteiger partial charge in [-0.15, -0.1) is 0 Å². The molecule has 0 bridgehead atoms. The highest BCUT2D eigenvalue weighted by atomic mass is 16.6. The molecule has 0 saturated carbocycles. The Morgan fingerprint density at radius 1 is 0.226 bits per heavy atom. The molecule has 0 atom stereocenters. The Balaban J connectivity index is 0.884. The van der Waals surface area contributed by atoms with Crippen molar-refractivity contribution in [1.29, 1.82) is 0 Å². The zero-order valence-corrected chi connectivity index (χ0v) is 36.3. The van der Waals surface area contributed by atoms with Gasteiger partial charge in [0.1, 0.15) is 13.2 Å². The molecule has 0 aliphatic rings. The quantitative estimate of drug-likeness (QED) is 0.0469. The number of ether oxygens (including phenoxy) is 14. The first-order chi connectivity index (χ1) is 30.9. The van der Waals surface area contributed by atoms with E-state index in [4.69, 9.17) is 66.3 Å². The van der Waals surface area contributed by atoms with E-state index in [9.17, 15) is 0 Å². The zero-order valence-electron chi connectivity index (χ0n) is 36.3. The number of benzene rings is 4. The van der Waals surface area contributed by atoms with Crippen LogP contribution in [0.4, 0.5) is 0 Å². The maximum Gasteiger partial charge on any atom is 0.161 e. The maximum atomic E-state index is 6.07. The van der Waals surface area contributed by atoms with Gasteiger partial charge in [0.25, 0.3) is 0 Å². The molecule has 0 radical (unpaired) electrons. The molecule has 0 aliphatic heterocycles. The van der Waals surface area contributed by atoms with Crippen LogP contribution in [0.15, 0.2) is 97.1 Å². The Morgan fingerprint density at radius 3 is 0.726 bits per heavy atom. The van der Waals surface area contributed by atoms with Gasteiger partial charge in [-0.3, -0.25) is 0 Å². The first kappa shape index (κ1) is 50.9. The summed E-state index contributed by atoms with van der Waals surface area (Å²) in [6.45, 7) is 12.8. The molecular weight excluding hydrogens is 801 g/mol. The molecule has 14 heteroatoms. The number of hydrogen-bond acceptors (Lipinski definition) is 14. The van der Waals surface area contributed by atoms with E-state index >= 15 is 0 Å². The van der Waals surface area contributed by atoms with Crippen LogP contribution in [0.2, 0.25) is 0 Å². The molecule has 0 aromatic heterocycles. The normalized spacial score (nSPS) is 11.4. The highest BCUT2D eigenvalue weighted by Gasteiger charge is 2.09. The van der Waals surface area contributed by atoms with Crippen LogP contribution in [-0.4, -0.2) is 159 Å². The van der Waals surface area contributed by atoms with E-state index in [0.29, 0.717) is 183 Å². The van der Waals surface area contributed by atoms with E-state index in [1.54, 1.807) is 0 Å². The van der Waals surface area contributed by atoms with Crippen molar-refractivity contribution in [1.82, 2.24) is 0 Å². The molecule has 0 unspecified atom stereocenters. The predicted octanol–water partition coefficient (Wildman–Crippen LogP) is 6.20. The van der Waals surface area contributed by atoms with E-state index in [2.05, 4.69) is 0 Å². The molecule has 0 amide bonds. The molecule has 0 saturated heterocycles. The summed E-state index contributed by atoms with van der Waals surface area (Å²) in [5.74, 6) is 1.31. The molecule has 14 nitrogen and oxygen atoms in total. The lowest BCUT2D eigenvalue weighted by atomic mass is 10.1. The Kier molecular flexibility index (Phi) is 30.1. The van der Waals surface area contributed by atoms with Crippen molar-refractivity contribution in [2.24, 2.45) is 0 Å². The van der Waals surface area contributed by atoms with Gasteiger partial charge in [-0.25, -0.2) is 0 Å². The largest absolute Gasteiger partial charge is 0.487 e. The van der Waals surface area contributed by atoms with Crippen LogP contribution in [0.3, 0.4) is 0 Å². The lowest BCUT2D eigenvalue weighted by Gasteiger charge is -2.15. The van der Waals surface area contributed by atoms with Gasteiger partial charge < -0.3 is 66.3 Å². The summed E-state index contributed by atoms with van der Waals surface area (Å²) in [7, 11) is 0. The van der Waals surface area contributed by atoms with Crippen LogP contribution in [0.25, 0.3) is 10.8 Å². The van der Waals surface area contributed by atoms with Crippen LogP contribution in [0.1, 0.15) is 11.1 Å². The highest BCUT2D eigenvalue weighted by Crippen LogP contribution is 2.32. The topological polar surface area (TPSA) is 129 Å². The molecule has 0 aliphatic carbocycles. The minimum atomic E-state index is 0.372. The fourth-order valence-corrected chi connectivity index (χ4v) is 5.57. The molecule has 4 aromatic carbocycles. The average Bonchev–Trinajstić information content (AvgIpc) is 3.31. The number of fused-ring (bicyclic) bond motifs is 1. The SMILES string of the molecule is c1ccc(COCCOCCOCCOCCOCCOCCOc2cc3ccccc3cc2OCCOCCOCCOCCOCCOCCOCc2ccccc2)cc1. The van der Waals surface area contributed by atoms with Crippen molar-refractivity contribution in [3.05, 3.63) is 108 Å². The monoisotopic (exact) mass is 868 g/mol. The second-order valence-electron chi connectivity index (χ2n) is 13.5. The summed E-state index contributed by atoms with van der Waals surface area (Å²) in [6, 6.07) is 32.2. The van der Waals surface area contributed by atoms with Gasteiger partial charge in [-0.05, 0) is 34.0 Å². The molecule has 62 heavy (non-hydrogen) atoms. The van der Waals surface area contributed by atoms with E-state index in [-0.39, 0.29) is 0 Å². The first-order valence-corrected chi connectivity index (χ1v) is 21.7. The fourth-order valence-electron chi connectivity index (χ4n) is 5.57. The van der Waals surface area contributed by atoms with Crippen LogP contribution < -0.4 is 9.47 Å². The summed E-state index contributed by atoms with van der Waals surface area (Å²) < 4.78 is 79.2. The first-order valence-electron chi connectivity index (χ1n) is 21.7. The third-order valence-corrected chi connectivity index (χ3v) is 8.73. The van der Waals surface area contributed by atoms with Crippen molar-refractivity contribution < 1.29 is 66.3 Å². The Hall–Kier alpha value is -3.74. The molecule has 0 heterocycles. The fraction of sp³-hybridized carbons (Fsp3) is 0.542. The smallest absolute Gasteiger partial charge is 0.161 e. The summed E-state index contributed by atoms with van der Waals surface area (Å²) in [5, 5.41) is 2.13. The second-order valence-corrected chi connectivity index (χ2v) is 13.5. The third kappa shape index (κ3) is 26.0. The number of rotatable bonds is 42. The Labute approximate surface area is 367 Å². The van der Waals surface area contributed by atoms with Gasteiger partial charge in [-0.2, -0.15) is 0 Å². The van der Waals surface area contributed by atoms with Crippen molar-refractivity contribution in [3.8, 4) is 11.5 Å². The summed E-state index contributed by atoms with van der Waals surface area (Å²) in [5.41, 5.74) is 2.31. The summed E-state index contributed by atoms with van der Waals surface area (Å²) in [4.78, 5) is 0. The van der Waals surface area contributed by atoms with Crippen molar-refractivity contribution in [2.45, 2.75) is 13.2 Å². The predicted molar refractivity (Wildman–Crippen MR) is 235 cm³/mol. The van der Waals surface area contributed by atoms with E-state index in [1.165, 1.54) is 0 Å². The van der Waals surface area contributed by atoms with Crippen LogP contribution in [0, 0.1) is 0 Å². The highest BCUT2D eigenvalue weighted by molar-refractivity contribution is 5.86. The Morgan fingerprint density at radius 2 is 0.452 bits per heavy atom. The van der Waals surface area contributed by atoms with Crippen molar-refractivity contribution in [3.63, 3.8) is 0 Å². The average molecular weight is 869 g/mol. The van der Waals surface area contributed by atoms with Gasteiger partial charge in [0, 0.05) is 0 Å². The lowest BCUT2D eigenvalue weighted by molar-refractivity contribution is -0.0189. The molecular formula is C48H68O14. The van der Waals surface area contributed by atoms with Gasteiger partial charge in [0.2, 0.25) is 0 Å². The van der Waals surface area contributed by atoms with E-state index in [1.807, 2.05) is 97.1 Å². The van der Waals surface area contributed by atoms with Crippen molar-refractivity contribution in [2.75, 3.05) is 159 Å². The van der Waals surface area contributed by atoms with Gasteiger partial charge in [-0.1, -0.05) is 84.9 Å². The minimum absolute atomic E-state index is 0.372. The molecule has 4 rings (SSSR count). The van der Waals surface area contributed by atoms with E-state index in [0.717, 1.165) is 21.9 Å². The van der Waals surface area contributed by atoms with E-state index < -0.39 is 0 Å². The van der Waals surface area contributed by atoms with Crippen LogP contribution in [-0.2, 0) is 70.1 Å². The molecule has 0 fully saturated rings. The standard InChI is InChI=1S/C48H68O14/c1-3-9-43(10-4-1)41-59-33-31-55-25-23-51-17-15-49-19-21-53-27-29-57-35-37-61-47-39-45-13-7-8-14-46(45)40-48(47)62-38-36-58-30-28-54-22-20-50-16-18-52-24-26-56-32-34-60-42-44-11-5-2-6-12-44/h1-14,39-40H,15-38,41-42H2. The molecule has 4 aromatic rings. The summed E-state index contributed by atoms with van der Waals surface area (Å²) in [6.07, 6.45) is 0. The van der Waals surface area contributed by atoms with Gasteiger partial charge >= 0.3 is 0 Å². The van der Waals surface area contributed by atoms with Gasteiger partial charge in [0.05, 0.1) is 159 Å². The molecule has 0 N–H and O–H groups in total. The van der Waals surface area contributed by atoms with Crippen molar-refractivity contribution >= 4 is 10.8 Å². The van der Waals surface area contributed by atoms with Crippen LogP contribution in [0.5, 0.6) is 11.5 Å².